The summed E-state index contributed by atoms with van der Waals surface area (Å²) < 4.78 is 0. The van der Waals surface area contributed by atoms with Crippen molar-refractivity contribution in [1.82, 2.24) is 4.90 Å². The van der Waals surface area contributed by atoms with Crippen LogP contribution < -0.4 is 4.90 Å². The Kier molecular flexibility index (Phi) is 7.25. The van der Waals surface area contributed by atoms with E-state index in [1.54, 1.807) is 11.0 Å². The first-order valence-electron chi connectivity index (χ1n) is 8.81. The van der Waals surface area contributed by atoms with Gasteiger partial charge < -0.3 is 9.80 Å². The highest BCUT2D eigenvalue weighted by molar-refractivity contribution is 6.19. The smallest absolute Gasteiger partial charge is 0.270 e. The summed E-state index contributed by atoms with van der Waals surface area (Å²) >= 11 is 0. The third-order valence-electron chi connectivity index (χ3n) is 4.44. The molecule has 0 bridgehead atoms. The average Bonchev–Trinajstić information content (AvgIpc) is 2.79. The van der Waals surface area contributed by atoms with Gasteiger partial charge in [0, 0.05) is 29.8 Å². The SMILES string of the molecule is CN(C)CCCN1C(=O)CN=C(c2ccccc2)c2cc([N+](=O)[O-])ccc21.Cl. The second kappa shape index (κ2) is 9.43. The van der Waals surface area contributed by atoms with E-state index in [0.717, 1.165) is 18.5 Å². The summed E-state index contributed by atoms with van der Waals surface area (Å²) in [6.07, 6.45) is 0.801. The number of benzene rings is 2. The third-order valence-corrected chi connectivity index (χ3v) is 4.44. The largest absolute Gasteiger partial charge is 0.310 e. The molecule has 0 radical (unpaired) electrons. The molecular weight excluding hydrogens is 380 g/mol. The van der Waals surface area contributed by atoms with Crippen molar-refractivity contribution < 1.29 is 9.72 Å². The van der Waals surface area contributed by atoms with Crippen LogP contribution in [0.5, 0.6) is 0 Å². The number of rotatable bonds is 6. The van der Waals surface area contributed by atoms with Crippen molar-refractivity contribution in [3.63, 3.8) is 0 Å². The summed E-state index contributed by atoms with van der Waals surface area (Å²) in [5.74, 6) is -0.102. The number of halogens is 1. The lowest BCUT2D eigenvalue weighted by molar-refractivity contribution is -0.384. The van der Waals surface area contributed by atoms with E-state index in [4.69, 9.17) is 0 Å². The first-order chi connectivity index (χ1) is 13.0. The van der Waals surface area contributed by atoms with E-state index in [1.165, 1.54) is 12.1 Å². The Hall–Kier alpha value is -2.77. The Bertz CT molecular complexity index is 884. The number of carbonyl (C=O) groups excluding carboxylic acids is 1. The minimum absolute atomic E-state index is 0. The van der Waals surface area contributed by atoms with E-state index in [9.17, 15) is 14.9 Å². The average molecular weight is 403 g/mol. The molecule has 0 spiro atoms. The van der Waals surface area contributed by atoms with Crippen molar-refractivity contribution in [3.05, 3.63) is 69.8 Å². The fourth-order valence-corrected chi connectivity index (χ4v) is 3.15. The Balaban J connectivity index is 0.00000280. The number of non-ortho nitro benzene ring substituents is 1. The number of hydrogen-bond acceptors (Lipinski definition) is 5. The molecule has 1 amide bonds. The summed E-state index contributed by atoms with van der Waals surface area (Å²) in [7, 11) is 3.97. The highest BCUT2D eigenvalue weighted by Crippen LogP contribution is 2.30. The molecule has 0 aromatic heterocycles. The third kappa shape index (κ3) is 4.74. The zero-order valence-electron chi connectivity index (χ0n) is 15.9. The number of benzodiazepines with no additional fused rings is 1. The lowest BCUT2D eigenvalue weighted by Crippen LogP contribution is -2.34. The van der Waals surface area contributed by atoms with Crippen molar-refractivity contribution in [3.8, 4) is 0 Å². The van der Waals surface area contributed by atoms with Crippen LogP contribution in [-0.2, 0) is 4.79 Å². The van der Waals surface area contributed by atoms with Gasteiger partial charge in [0.2, 0.25) is 5.91 Å². The molecule has 7 nitrogen and oxygen atoms in total. The van der Waals surface area contributed by atoms with Crippen molar-refractivity contribution in [2.45, 2.75) is 6.42 Å². The molecule has 2 aromatic carbocycles. The zero-order valence-corrected chi connectivity index (χ0v) is 16.7. The molecule has 148 valence electrons. The van der Waals surface area contributed by atoms with Gasteiger partial charge in [-0.25, -0.2) is 0 Å². The molecule has 1 aliphatic heterocycles. The van der Waals surface area contributed by atoms with Gasteiger partial charge in [0.1, 0.15) is 6.54 Å². The van der Waals surface area contributed by atoms with Crippen LogP contribution in [0.2, 0.25) is 0 Å². The second-order valence-corrected chi connectivity index (χ2v) is 6.69. The van der Waals surface area contributed by atoms with Gasteiger partial charge in [-0.1, -0.05) is 30.3 Å². The number of aliphatic imine (C=N–C) groups is 1. The number of nitro benzene ring substituents is 1. The number of anilines is 1. The van der Waals surface area contributed by atoms with Gasteiger partial charge in [-0.3, -0.25) is 19.9 Å². The number of nitrogens with zero attached hydrogens (tertiary/aromatic N) is 4. The Labute approximate surface area is 170 Å². The molecule has 0 saturated carbocycles. The molecule has 0 N–H and O–H groups in total. The minimum Gasteiger partial charge on any atom is -0.310 e. The number of fused-ring (bicyclic) bond motifs is 1. The van der Waals surface area contributed by atoms with Crippen LogP contribution in [0.15, 0.2) is 53.5 Å². The first-order valence-corrected chi connectivity index (χ1v) is 8.81. The Morgan fingerprint density at radius 1 is 1.18 bits per heavy atom. The van der Waals surface area contributed by atoms with Crippen molar-refractivity contribution in [2.24, 2.45) is 4.99 Å². The summed E-state index contributed by atoms with van der Waals surface area (Å²) in [6.45, 7) is 1.41. The van der Waals surface area contributed by atoms with Gasteiger partial charge in [-0.05, 0) is 33.1 Å². The van der Waals surface area contributed by atoms with Crippen LogP contribution in [0.3, 0.4) is 0 Å². The van der Waals surface area contributed by atoms with Crippen LogP contribution in [-0.4, -0.2) is 55.2 Å². The lowest BCUT2D eigenvalue weighted by atomic mass is 9.99. The monoisotopic (exact) mass is 402 g/mol. The maximum atomic E-state index is 12.7. The summed E-state index contributed by atoms with van der Waals surface area (Å²) in [5.41, 5.74) is 2.72. The molecule has 0 unspecified atom stereocenters. The van der Waals surface area contributed by atoms with E-state index in [1.807, 2.05) is 44.4 Å². The fraction of sp³-hybridized carbons (Fsp3) is 0.300. The summed E-state index contributed by atoms with van der Waals surface area (Å²) in [5, 5.41) is 11.3. The van der Waals surface area contributed by atoms with E-state index in [-0.39, 0.29) is 30.5 Å². The fourth-order valence-electron chi connectivity index (χ4n) is 3.15. The summed E-state index contributed by atoms with van der Waals surface area (Å²) in [4.78, 5) is 31.8. The second-order valence-electron chi connectivity index (χ2n) is 6.69. The van der Waals surface area contributed by atoms with Gasteiger partial charge >= 0.3 is 0 Å². The lowest BCUT2D eigenvalue weighted by Gasteiger charge is -2.23. The van der Waals surface area contributed by atoms with E-state index < -0.39 is 4.92 Å². The highest BCUT2D eigenvalue weighted by Gasteiger charge is 2.26. The van der Waals surface area contributed by atoms with Crippen LogP contribution in [0.1, 0.15) is 17.5 Å². The van der Waals surface area contributed by atoms with E-state index in [0.29, 0.717) is 23.5 Å². The number of nitro groups is 1. The molecule has 0 atom stereocenters. The Morgan fingerprint density at radius 3 is 2.54 bits per heavy atom. The molecule has 1 heterocycles. The van der Waals surface area contributed by atoms with E-state index in [2.05, 4.69) is 9.89 Å². The maximum absolute atomic E-state index is 12.7. The molecule has 0 saturated heterocycles. The maximum Gasteiger partial charge on any atom is 0.270 e. The first kappa shape index (κ1) is 21.5. The molecule has 0 aliphatic carbocycles. The molecule has 1 aliphatic rings. The minimum atomic E-state index is -0.425. The molecule has 8 heteroatoms. The van der Waals surface area contributed by atoms with Gasteiger partial charge in [-0.15, -0.1) is 12.4 Å². The number of amides is 1. The van der Waals surface area contributed by atoms with E-state index >= 15 is 0 Å². The van der Waals surface area contributed by atoms with Crippen molar-refractivity contribution in [1.29, 1.82) is 0 Å². The van der Waals surface area contributed by atoms with Crippen molar-refractivity contribution >= 4 is 35.4 Å². The normalized spacial score (nSPS) is 13.5. The molecule has 3 rings (SSSR count). The van der Waals surface area contributed by atoms with Crippen LogP contribution >= 0.6 is 12.4 Å². The van der Waals surface area contributed by atoms with Gasteiger partial charge in [-0.2, -0.15) is 0 Å². The predicted octanol–water partition coefficient (Wildman–Crippen LogP) is 3.15. The van der Waals surface area contributed by atoms with Gasteiger partial charge in [0.25, 0.3) is 5.69 Å². The van der Waals surface area contributed by atoms with Crippen LogP contribution in [0, 0.1) is 10.1 Å². The standard InChI is InChI=1S/C20H22N4O3.ClH/c1-22(2)11-6-12-23-18-10-9-16(24(26)27)13-17(18)20(21-14-19(23)25)15-7-4-3-5-8-15;/h3-5,7-10,13H,6,11-12,14H2,1-2H3;1H. The molecule has 0 fully saturated rings. The van der Waals surface area contributed by atoms with Gasteiger partial charge in [0.15, 0.2) is 0 Å². The number of carbonyl (C=O) groups is 1. The summed E-state index contributed by atoms with van der Waals surface area (Å²) in [6, 6.07) is 14.1. The van der Waals surface area contributed by atoms with Crippen LogP contribution in [0.4, 0.5) is 11.4 Å². The zero-order chi connectivity index (χ0) is 19.4. The highest BCUT2D eigenvalue weighted by atomic mass is 35.5. The Morgan fingerprint density at radius 2 is 1.89 bits per heavy atom. The topological polar surface area (TPSA) is 79.0 Å². The van der Waals surface area contributed by atoms with Crippen LogP contribution in [0.25, 0.3) is 0 Å². The number of hydrogen-bond donors (Lipinski definition) is 0. The molecule has 28 heavy (non-hydrogen) atoms. The molecule has 2 aromatic rings. The molecular formula is C20H23ClN4O3. The predicted molar refractivity (Wildman–Crippen MR) is 113 cm³/mol. The van der Waals surface area contributed by atoms with Crippen molar-refractivity contribution in [2.75, 3.05) is 38.6 Å². The van der Waals surface area contributed by atoms with Gasteiger partial charge in [0.05, 0.1) is 16.3 Å². The quantitative estimate of drug-likeness (QED) is 0.549.